The summed E-state index contributed by atoms with van der Waals surface area (Å²) in [7, 11) is -11.5. The molecular weight excluding hydrogens is 681 g/mol. The fourth-order valence-corrected chi connectivity index (χ4v) is 8.59. The molecule has 0 amide bonds. The average molecular weight is 723 g/mol. The molecule has 3 unspecified atom stereocenters. The van der Waals surface area contributed by atoms with E-state index in [0.717, 1.165) is 0 Å². The molecule has 0 spiro atoms. The van der Waals surface area contributed by atoms with Gasteiger partial charge in [-0.15, -0.1) is 0 Å². The fourth-order valence-electron chi connectivity index (χ4n) is 4.45. The van der Waals surface area contributed by atoms with Crippen LogP contribution in [0.1, 0.15) is 32.6 Å². The lowest BCUT2D eigenvalue weighted by Gasteiger charge is -2.31. The van der Waals surface area contributed by atoms with Crippen LogP contribution in [0.5, 0.6) is 0 Å². The van der Waals surface area contributed by atoms with Crippen molar-refractivity contribution in [1.29, 1.82) is 0 Å². The van der Waals surface area contributed by atoms with Gasteiger partial charge in [0.15, 0.2) is 0 Å². The Bertz CT molecular complexity index is 1460. The van der Waals surface area contributed by atoms with E-state index in [1.807, 2.05) is 0 Å². The van der Waals surface area contributed by atoms with Gasteiger partial charge in [-0.25, -0.2) is 0 Å². The third-order valence-corrected chi connectivity index (χ3v) is 13.5. The predicted molar refractivity (Wildman–Crippen MR) is 182 cm³/mol. The molecule has 15 heteroatoms. The van der Waals surface area contributed by atoms with Crippen molar-refractivity contribution >= 4 is 55.9 Å². The molecule has 3 atom stereocenters. The maximum Gasteiger partial charge on any atom is 0.306 e. The van der Waals surface area contributed by atoms with E-state index >= 15 is 0 Å². The van der Waals surface area contributed by atoms with Crippen LogP contribution >= 0.6 is 22.1 Å². The van der Waals surface area contributed by atoms with Crippen LogP contribution < -0.4 is 15.9 Å². The number of ether oxygens (including phenoxy) is 3. The number of rotatable bonds is 19. The van der Waals surface area contributed by atoms with Gasteiger partial charge in [0.1, 0.15) is 19.8 Å². The van der Waals surface area contributed by atoms with Gasteiger partial charge < -0.3 is 28.9 Å². The van der Waals surface area contributed by atoms with Gasteiger partial charge in [-0.3, -0.25) is 28.1 Å². The van der Waals surface area contributed by atoms with Crippen LogP contribution in [0.2, 0.25) is 0 Å². The summed E-state index contributed by atoms with van der Waals surface area (Å²) in [6.07, 6.45) is -2.11. The van der Waals surface area contributed by atoms with Gasteiger partial charge in [-0.05, 0) is 42.8 Å². The number of carbonyl (C=O) groups is 3. The zero-order valence-corrected chi connectivity index (χ0v) is 29.3. The van der Waals surface area contributed by atoms with E-state index in [-0.39, 0.29) is 40.8 Å². The van der Waals surface area contributed by atoms with E-state index in [2.05, 4.69) is 0 Å². The molecule has 0 aromatic heterocycles. The van der Waals surface area contributed by atoms with E-state index in [4.69, 9.17) is 14.2 Å². The van der Waals surface area contributed by atoms with Gasteiger partial charge in [-0.1, -0.05) is 61.5 Å². The molecule has 3 rings (SSSR count). The fraction of sp³-hybridized carbons (Fsp3) is 0.364. The number of hydrogen-bond donors (Lipinski definition) is 3. The van der Waals surface area contributed by atoms with Crippen LogP contribution in [0.4, 0.5) is 0 Å². The Morgan fingerprint density at radius 2 is 0.771 bits per heavy atom. The molecule has 3 aromatic carbocycles. The largest absolute Gasteiger partial charge is 0.465 e. The molecule has 0 fully saturated rings. The van der Waals surface area contributed by atoms with Crippen molar-refractivity contribution in [3.8, 4) is 0 Å². The monoisotopic (exact) mass is 722 g/mol. The Labute approximate surface area is 279 Å². The van der Waals surface area contributed by atoms with Gasteiger partial charge >= 0.3 is 17.9 Å². The lowest BCUT2D eigenvalue weighted by Crippen LogP contribution is -2.39. The van der Waals surface area contributed by atoms with Crippen LogP contribution in [0, 0.1) is 5.41 Å². The average Bonchev–Trinajstić information content (AvgIpc) is 3.10. The normalized spacial score (nSPS) is 16.2. The van der Waals surface area contributed by atoms with E-state index in [1.165, 1.54) is 36.4 Å². The van der Waals surface area contributed by atoms with Gasteiger partial charge in [0, 0.05) is 34.4 Å². The molecular formula is C33H41O12P3. The first kappa shape index (κ1) is 39.1. The summed E-state index contributed by atoms with van der Waals surface area (Å²) in [5.74, 6) is -2.41. The predicted octanol–water partition coefficient (Wildman–Crippen LogP) is 3.97. The first-order valence-electron chi connectivity index (χ1n) is 15.3. The second-order valence-electron chi connectivity index (χ2n) is 11.4. The minimum Gasteiger partial charge on any atom is -0.465 e. The van der Waals surface area contributed by atoms with Gasteiger partial charge in [0.25, 0.3) is 0 Å². The minimum absolute atomic E-state index is 0.175. The minimum atomic E-state index is -3.84. The molecule has 3 N–H and O–H groups in total. The molecule has 0 aliphatic rings. The van der Waals surface area contributed by atoms with E-state index in [9.17, 15) is 42.8 Å². The summed E-state index contributed by atoms with van der Waals surface area (Å²) >= 11 is 0. The third kappa shape index (κ3) is 12.3. The molecule has 0 radical (unpaired) electrons. The summed E-state index contributed by atoms with van der Waals surface area (Å²) in [5, 5.41) is 0.580. The molecule has 0 aliphatic carbocycles. The lowest BCUT2D eigenvalue weighted by molar-refractivity contribution is -0.161. The van der Waals surface area contributed by atoms with E-state index in [1.54, 1.807) is 61.5 Å². The number of benzene rings is 3. The summed E-state index contributed by atoms with van der Waals surface area (Å²) < 4.78 is 54.5. The summed E-state index contributed by atoms with van der Waals surface area (Å²) in [4.78, 5) is 69.3. The van der Waals surface area contributed by atoms with Crippen LogP contribution in [0.3, 0.4) is 0 Å². The molecule has 0 heterocycles. The molecule has 260 valence electrons. The standard InChI is InChI=1S/C33H41O12P3/c1-2-33(24-43-30(34)18-21-46(37,38)27-12-6-3-7-13-27,25-44-31(35)19-22-47(39,40)28-14-8-4-9-15-28)26-45-32(36)20-23-48(41,42)29-16-10-5-11-17-29/h3-17H,2,18-26H2,1H3,(H,37,38)(H,39,40)(H,41,42). The summed E-state index contributed by atoms with van der Waals surface area (Å²) in [6, 6.07) is 23.7. The molecule has 0 bridgehead atoms. The number of carbonyl (C=O) groups excluding carboxylic acids is 3. The Morgan fingerprint density at radius 3 is 1.00 bits per heavy atom. The van der Waals surface area contributed by atoms with Crippen LogP contribution in [0.25, 0.3) is 0 Å². The zero-order valence-electron chi connectivity index (χ0n) is 26.6. The second-order valence-corrected chi connectivity index (χ2v) is 18.5. The summed E-state index contributed by atoms with van der Waals surface area (Å²) in [6.45, 7) is 0.500. The highest BCUT2D eigenvalue weighted by Crippen LogP contribution is 2.41. The Kier molecular flexibility index (Phi) is 14.5. The van der Waals surface area contributed by atoms with Crippen molar-refractivity contribution in [3.05, 3.63) is 91.0 Å². The number of hydrogen-bond acceptors (Lipinski definition) is 9. The van der Waals surface area contributed by atoms with E-state index < -0.39 is 84.5 Å². The maximum atomic E-state index is 12.7. The topological polar surface area (TPSA) is 191 Å². The lowest BCUT2D eigenvalue weighted by atomic mass is 9.88. The van der Waals surface area contributed by atoms with Gasteiger partial charge in [0.05, 0.1) is 24.7 Å². The van der Waals surface area contributed by atoms with Crippen molar-refractivity contribution in [2.45, 2.75) is 32.6 Å². The van der Waals surface area contributed by atoms with Crippen LogP contribution in [0.15, 0.2) is 91.0 Å². The molecule has 3 aromatic rings. The number of esters is 3. The molecule has 0 aliphatic heterocycles. The second kappa shape index (κ2) is 17.9. The van der Waals surface area contributed by atoms with Gasteiger partial charge in [0.2, 0.25) is 22.1 Å². The van der Waals surface area contributed by atoms with Crippen LogP contribution in [-0.2, 0) is 42.3 Å². The van der Waals surface area contributed by atoms with Gasteiger partial charge in [-0.2, -0.15) is 0 Å². The van der Waals surface area contributed by atoms with E-state index in [0.29, 0.717) is 0 Å². The van der Waals surface area contributed by atoms with Crippen molar-refractivity contribution in [2.75, 3.05) is 38.3 Å². The smallest absolute Gasteiger partial charge is 0.306 e. The van der Waals surface area contributed by atoms with Crippen molar-refractivity contribution in [2.24, 2.45) is 5.41 Å². The molecule has 0 saturated heterocycles. The quantitative estimate of drug-likeness (QED) is 0.0919. The summed E-state index contributed by atoms with van der Waals surface area (Å²) in [5.41, 5.74) is -1.26. The van der Waals surface area contributed by atoms with Crippen molar-refractivity contribution in [1.82, 2.24) is 0 Å². The highest BCUT2D eigenvalue weighted by molar-refractivity contribution is 7.66. The highest BCUT2D eigenvalue weighted by atomic mass is 31.2. The van der Waals surface area contributed by atoms with Crippen molar-refractivity contribution < 1.29 is 57.0 Å². The zero-order chi connectivity index (χ0) is 35.3. The molecule has 0 saturated carbocycles. The molecule has 12 nitrogen and oxygen atoms in total. The third-order valence-electron chi connectivity index (χ3n) is 7.70. The Balaban J connectivity index is 1.63. The first-order chi connectivity index (χ1) is 22.7. The van der Waals surface area contributed by atoms with Crippen molar-refractivity contribution in [3.63, 3.8) is 0 Å². The Morgan fingerprint density at radius 1 is 0.521 bits per heavy atom. The first-order valence-corrected chi connectivity index (χ1v) is 20.8. The molecule has 48 heavy (non-hydrogen) atoms. The van der Waals surface area contributed by atoms with Crippen LogP contribution in [-0.4, -0.2) is 70.9 Å². The Hall–Kier alpha value is -3.36. The SMILES string of the molecule is CCC(COC(=O)CCP(=O)(O)c1ccccc1)(COC(=O)CCP(=O)(O)c1ccccc1)COC(=O)CCP(=O)(O)c1ccccc1. The maximum absolute atomic E-state index is 12.7. The highest BCUT2D eigenvalue weighted by Gasteiger charge is 2.35.